The molecule has 0 radical (unpaired) electrons. The predicted molar refractivity (Wildman–Crippen MR) is 83.7 cm³/mol. The van der Waals surface area contributed by atoms with Gasteiger partial charge in [0, 0.05) is 17.0 Å². The lowest BCUT2D eigenvalue weighted by atomic mass is 10.1. The highest BCUT2D eigenvalue weighted by atomic mass is 35.5. The van der Waals surface area contributed by atoms with Crippen LogP contribution in [0.4, 0.5) is 0 Å². The minimum atomic E-state index is 0.323. The van der Waals surface area contributed by atoms with Gasteiger partial charge in [-0.3, -0.25) is 0 Å². The summed E-state index contributed by atoms with van der Waals surface area (Å²) in [6, 6.07) is 8.59. The minimum Gasteiger partial charge on any atom is -0.314 e. The average Bonchev–Trinajstić information content (AvgIpc) is 2.40. The van der Waals surface area contributed by atoms with Crippen molar-refractivity contribution in [2.75, 3.05) is 7.05 Å². The smallest absolute Gasteiger partial charge is 0.137 e. The highest BCUT2D eigenvalue weighted by Gasteiger charge is 2.07. The maximum atomic E-state index is 6.29. The van der Waals surface area contributed by atoms with Gasteiger partial charge in [0.2, 0.25) is 0 Å². The summed E-state index contributed by atoms with van der Waals surface area (Å²) in [4.78, 5) is 4.51. The molecule has 1 atom stereocenters. The van der Waals surface area contributed by atoms with E-state index in [2.05, 4.69) is 55.3 Å². The number of nitrogens with zero attached hydrogens (tertiary/aromatic N) is 1. The maximum absolute atomic E-state index is 6.29. The Morgan fingerprint density at radius 2 is 2.16 bits per heavy atom. The van der Waals surface area contributed by atoms with E-state index in [9.17, 15) is 0 Å². The second-order valence-corrected chi connectivity index (χ2v) is 5.27. The van der Waals surface area contributed by atoms with Gasteiger partial charge in [-0.15, -0.1) is 0 Å². The number of likely N-dealkylation sites (N-methyl/N-ethyl adjacent to an activating group) is 1. The molecule has 0 saturated heterocycles. The van der Waals surface area contributed by atoms with Gasteiger partial charge in [-0.25, -0.2) is 4.98 Å². The number of aryl methyl sites for hydroxylation is 1. The van der Waals surface area contributed by atoms with Crippen molar-refractivity contribution in [3.8, 4) is 0 Å². The molecule has 0 spiro atoms. The van der Waals surface area contributed by atoms with Gasteiger partial charge in [0.05, 0.1) is 5.52 Å². The van der Waals surface area contributed by atoms with Crippen LogP contribution in [0.2, 0.25) is 5.15 Å². The molecule has 1 unspecified atom stereocenters. The summed E-state index contributed by atoms with van der Waals surface area (Å²) in [6.45, 7) is 6.27. The Kier molecular flexibility index (Phi) is 4.23. The molecule has 0 bridgehead atoms. The van der Waals surface area contributed by atoms with Crippen LogP contribution in [0.1, 0.15) is 25.0 Å². The Balaban J connectivity index is 2.54. The topological polar surface area (TPSA) is 24.9 Å². The minimum absolute atomic E-state index is 0.323. The molecular weight excluding hydrogens is 256 g/mol. The molecule has 2 rings (SSSR count). The predicted octanol–water partition coefficient (Wildman–Crippen LogP) is 4.21. The number of rotatable bonds is 3. The van der Waals surface area contributed by atoms with Crippen molar-refractivity contribution in [2.45, 2.75) is 26.8 Å². The number of fused-ring (bicyclic) bond motifs is 1. The molecule has 1 heterocycles. The fourth-order valence-electron chi connectivity index (χ4n) is 2.04. The van der Waals surface area contributed by atoms with E-state index < -0.39 is 0 Å². The number of para-hydroxylation sites is 1. The molecule has 0 aliphatic rings. The standard InChI is InChI=1S/C16H19ClN2/c1-10-6-5-7-13-9-14(16(17)19-15(10)13)8-11(2)12(3)18-4/h5-9,12,18H,1-4H3/b11-8+. The van der Waals surface area contributed by atoms with E-state index in [1.54, 1.807) is 0 Å². The zero-order valence-electron chi connectivity index (χ0n) is 11.8. The largest absolute Gasteiger partial charge is 0.314 e. The van der Waals surface area contributed by atoms with Crippen LogP contribution >= 0.6 is 11.6 Å². The number of nitrogens with one attached hydrogen (secondary N) is 1. The Morgan fingerprint density at radius 3 is 2.84 bits per heavy atom. The number of hydrogen-bond acceptors (Lipinski definition) is 2. The van der Waals surface area contributed by atoms with E-state index in [0.29, 0.717) is 11.2 Å². The van der Waals surface area contributed by atoms with Crippen LogP contribution in [0.3, 0.4) is 0 Å². The van der Waals surface area contributed by atoms with Gasteiger partial charge in [0.15, 0.2) is 0 Å². The first-order valence-electron chi connectivity index (χ1n) is 6.44. The molecule has 0 aliphatic heterocycles. The number of hydrogen-bond donors (Lipinski definition) is 1. The van der Waals surface area contributed by atoms with Crippen LogP contribution < -0.4 is 5.32 Å². The molecule has 100 valence electrons. The zero-order valence-corrected chi connectivity index (χ0v) is 12.5. The summed E-state index contributed by atoms with van der Waals surface area (Å²) < 4.78 is 0. The van der Waals surface area contributed by atoms with Crippen molar-refractivity contribution in [2.24, 2.45) is 0 Å². The van der Waals surface area contributed by atoms with E-state index in [1.165, 1.54) is 5.57 Å². The summed E-state index contributed by atoms with van der Waals surface area (Å²) in [7, 11) is 1.95. The van der Waals surface area contributed by atoms with E-state index in [0.717, 1.165) is 22.0 Å². The van der Waals surface area contributed by atoms with E-state index >= 15 is 0 Å². The Morgan fingerprint density at radius 1 is 1.42 bits per heavy atom. The first kappa shape index (κ1) is 14.0. The van der Waals surface area contributed by atoms with Crippen LogP contribution in [-0.2, 0) is 0 Å². The Labute approximate surface area is 119 Å². The Bertz CT molecular complexity index is 632. The molecule has 0 saturated carbocycles. The van der Waals surface area contributed by atoms with Crippen LogP contribution in [0.15, 0.2) is 29.8 Å². The van der Waals surface area contributed by atoms with Crippen LogP contribution in [0.5, 0.6) is 0 Å². The lowest BCUT2D eigenvalue weighted by molar-refractivity contribution is 0.696. The SMILES string of the molecule is CNC(C)/C(C)=C/c1cc2cccc(C)c2nc1Cl. The molecule has 2 nitrogen and oxygen atoms in total. The average molecular weight is 275 g/mol. The molecule has 1 aromatic heterocycles. The second kappa shape index (κ2) is 5.72. The van der Waals surface area contributed by atoms with Gasteiger partial charge in [0.25, 0.3) is 0 Å². The molecular formula is C16H19ClN2. The lowest BCUT2D eigenvalue weighted by Crippen LogP contribution is -2.21. The number of aromatic nitrogens is 1. The van der Waals surface area contributed by atoms with Crippen LogP contribution in [0.25, 0.3) is 17.0 Å². The summed E-state index contributed by atoms with van der Waals surface area (Å²) >= 11 is 6.29. The molecule has 0 aliphatic carbocycles. The molecule has 1 aromatic carbocycles. The van der Waals surface area contributed by atoms with Crippen molar-refractivity contribution in [3.05, 3.63) is 46.1 Å². The van der Waals surface area contributed by atoms with Crippen LogP contribution in [0, 0.1) is 6.92 Å². The second-order valence-electron chi connectivity index (χ2n) is 4.91. The molecule has 2 aromatic rings. The Hall–Kier alpha value is -1.38. The van der Waals surface area contributed by atoms with Gasteiger partial charge in [0.1, 0.15) is 5.15 Å². The normalized spacial score (nSPS) is 13.8. The highest BCUT2D eigenvalue weighted by Crippen LogP contribution is 2.25. The molecule has 19 heavy (non-hydrogen) atoms. The van der Waals surface area contributed by atoms with Crippen molar-refractivity contribution >= 4 is 28.6 Å². The fourth-order valence-corrected chi connectivity index (χ4v) is 2.23. The van der Waals surface area contributed by atoms with Crippen molar-refractivity contribution < 1.29 is 0 Å². The van der Waals surface area contributed by atoms with Gasteiger partial charge < -0.3 is 5.32 Å². The molecule has 0 fully saturated rings. The number of pyridine rings is 1. The lowest BCUT2D eigenvalue weighted by Gasteiger charge is -2.11. The first-order valence-corrected chi connectivity index (χ1v) is 6.82. The third-order valence-corrected chi connectivity index (χ3v) is 3.83. The van der Waals surface area contributed by atoms with Crippen molar-refractivity contribution in [3.63, 3.8) is 0 Å². The summed E-state index contributed by atoms with van der Waals surface area (Å²) in [5, 5.41) is 4.90. The van der Waals surface area contributed by atoms with Gasteiger partial charge >= 0.3 is 0 Å². The summed E-state index contributed by atoms with van der Waals surface area (Å²) in [6.07, 6.45) is 2.10. The van der Waals surface area contributed by atoms with E-state index in [1.807, 2.05) is 13.1 Å². The molecule has 0 amide bonds. The van der Waals surface area contributed by atoms with E-state index in [4.69, 9.17) is 11.6 Å². The highest BCUT2D eigenvalue weighted by molar-refractivity contribution is 6.31. The number of halogens is 1. The third-order valence-electron chi connectivity index (χ3n) is 3.53. The van der Waals surface area contributed by atoms with Gasteiger partial charge in [-0.2, -0.15) is 0 Å². The summed E-state index contributed by atoms with van der Waals surface area (Å²) in [5.74, 6) is 0. The first-order chi connectivity index (χ1) is 9.02. The van der Waals surface area contributed by atoms with Gasteiger partial charge in [-0.05, 0) is 39.4 Å². The monoisotopic (exact) mass is 274 g/mol. The summed E-state index contributed by atoms with van der Waals surface area (Å²) in [5.41, 5.74) is 4.33. The third kappa shape index (κ3) is 2.96. The maximum Gasteiger partial charge on any atom is 0.137 e. The van der Waals surface area contributed by atoms with Gasteiger partial charge in [-0.1, -0.05) is 41.4 Å². The van der Waals surface area contributed by atoms with Crippen molar-refractivity contribution in [1.29, 1.82) is 0 Å². The quantitative estimate of drug-likeness (QED) is 0.848. The van der Waals surface area contributed by atoms with Crippen molar-refractivity contribution in [1.82, 2.24) is 10.3 Å². The molecule has 1 N–H and O–H groups in total. The van der Waals surface area contributed by atoms with Crippen LogP contribution in [-0.4, -0.2) is 18.1 Å². The zero-order chi connectivity index (χ0) is 14.0. The fraction of sp³-hybridized carbons (Fsp3) is 0.312. The van der Waals surface area contributed by atoms with E-state index in [-0.39, 0.29) is 0 Å². The number of benzene rings is 1. The molecule has 3 heteroatoms.